The molecule has 4 aromatic carbocycles. The van der Waals surface area contributed by atoms with Crippen LogP contribution in [-0.4, -0.2) is 77.6 Å². The Morgan fingerprint density at radius 3 is 1.94 bits per heavy atom. The van der Waals surface area contributed by atoms with Gasteiger partial charge in [0.15, 0.2) is 34.5 Å². The predicted molar refractivity (Wildman–Crippen MR) is 186 cm³/mol. The molecule has 4 aromatic rings. The van der Waals surface area contributed by atoms with Crippen molar-refractivity contribution in [3.63, 3.8) is 0 Å². The third-order valence-electron chi connectivity index (χ3n) is 10.3. The highest BCUT2D eigenvalue weighted by Crippen LogP contribution is 2.57. The summed E-state index contributed by atoms with van der Waals surface area (Å²) in [5.74, 6) is 4.74. The molecule has 8 rings (SSSR count). The summed E-state index contributed by atoms with van der Waals surface area (Å²) in [5, 5.41) is 11.7. The van der Waals surface area contributed by atoms with E-state index < -0.39 is 0 Å². The van der Waals surface area contributed by atoms with E-state index in [0.29, 0.717) is 53.1 Å². The minimum absolute atomic E-state index is 0.0392. The zero-order valence-corrected chi connectivity index (χ0v) is 29.2. The number of fused-ring (bicyclic) bond motifs is 2. The normalized spacial score (nSPS) is 18.7. The number of benzene rings is 4. The number of ether oxygens (including phenoxy) is 7. The molecule has 2 atom stereocenters. The molecule has 0 radical (unpaired) electrons. The van der Waals surface area contributed by atoms with Gasteiger partial charge in [-0.05, 0) is 86.8 Å². The van der Waals surface area contributed by atoms with E-state index in [0.717, 1.165) is 59.5 Å². The van der Waals surface area contributed by atoms with E-state index in [9.17, 15) is 5.11 Å². The second-order valence-electron chi connectivity index (χ2n) is 12.9. The molecule has 8 bridgehead atoms. The summed E-state index contributed by atoms with van der Waals surface area (Å²) in [6.07, 6.45) is 2.69. The minimum Gasteiger partial charge on any atom is -0.504 e. The maximum absolute atomic E-state index is 11.7. The number of rotatable bonds is 5. The van der Waals surface area contributed by atoms with E-state index in [1.165, 1.54) is 12.7 Å². The van der Waals surface area contributed by atoms with Gasteiger partial charge in [-0.25, -0.2) is 0 Å². The van der Waals surface area contributed by atoms with Crippen molar-refractivity contribution in [2.45, 2.75) is 37.8 Å². The molecule has 4 aliphatic heterocycles. The maximum Gasteiger partial charge on any atom is 0.208 e. The third kappa shape index (κ3) is 5.62. The van der Waals surface area contributed by atoms with Crippen LogP contribution in [0.1, 0.15) is 45.5 Å². The third-order valence-corrected chi connectivity index (χ3v) is 10.3. The standard InChI is InChI=1S/C39H44N2O8/c1-40-16-14-25-27-21-32(44-4)36(45-5)35(25)49-37-33-26(34(42)38(46-6)39(37)47-7)15-17-41(2)29(33)19-23-10-13-30(43-3)31(20-23)48-24-11-8-22(9-12-24)18-28(27)40/h8-13,20-21,28-29,42H,14-19H2,1-7H3/t28-,29-/m0/s1. The average Bonchev–Trinajstić information content (AvgIpc) is 3.11. The van der Waals surface area contributed by atoms with Gasteiger partial charge in [0.25, 0.3) is 0 Å². The van der Waals surface area contributed by atoms with Gasteiger partial charge in [-0.15, -0.1) is 0 Å². The van der Waals surface area contributed by atoms with Gasteiger partial charge in [0.05, 0.1) is 35.5 Å². The van der Waals surface area contributed by atoms with Crippen LogP contribution in [0.5, 0.6) is 57.5 Å². The molecular weight excluding hydrogens is 624 g/mol. The highest BCUT2D eigenvalue weighted by Gasteiger charge is 2.38. The van der Waals surface area contributed by atoms with Gasteiger partial charge in [0, 0.05) is 41.9 Å². The molecule has 1 N–H and O–H groups in total. The molecule has 258 valence electrons. The quantitative estimate of drug-likeness (QED) is 0.243. The summed E-state index contributed by atoms with van der Waals surface area (Å²) >= 11 is 0. The van der Waals surface area contributed by atoms with E-state index in [-0.39, 0.29) is 23.6 Å². The van der Waals surface area contributed by atoms with Gasteiger partial charge < -0.3 is 38.3 Å². The fraction of sp³-hybridized carbons (Fsp3) is 0.385. The largest absolute Gasteiger partial charge is 0.504 e. The molecule has 4 heterocycles. The number of methoxy groups -OCH3 is 5. The number of nitrogens with zero attached hydrogens (tertiary/aromatic N) is 2. The molecule has 10 heteroatoms. The summed E-state index contributed by atoms with van der Waals surface area (Å²) in [6, 6.07) is 16.2. The number of likely N-dealkylation sites (N-methyl/N-ethyl adjacent to an activating group) is 2. The first-order chi connectivity index (χ1) is 23.8. The number of aromatic hydroxyl groups is 1. The molecule has 0 aliphatic carbocycles. The first-order valence-corrected chi connectivity index (χ1v) is 16.6. The van der Waals surface area contributed by atoms with Crippen LogP contribution in [0.2, 0.25) is 0 Å². The van der Waals surface area contributed by atoms with Gasteiger partial charge in [-0.3, -0.25) is 9.80 Å². The Kier molecular flexibility index (Phi) is 8.85. The SMILES string of the molecule is COc1ccc2cc1Oc1ccc(cc1)C[C@H]1c3cc(OC)c(OC)c(c3CCN1C)Oc1c(OC)c(OC)c(O)c3c1[C@H](C2)N(C)CC3. The molecule has 0 saturated carbocycles. The second kappa shape index (κ2) is 13.2. The highest BCUT2D eigenvalue weighted by molar-refractivity contribution is 5.71. The molecule has 0 saturated heterocycles. The van der Waals surface area contributed by atoms with Gasteiger partial charge in [-0.2, -0.15) is 0 Å². The van der Waals surface area contributed by atoms with Crippen molar-refractivity contribution in [1.29, 1.82) is 0 Å². The summed E-state index contributed by atoms with van der Waals surface area (Å²) in [5.41, 5.74) is 5.95. The first kappa shape index (κ1) is 32.7. The predicted octanol–water partition coefficient (Wildman–Crippen LogP) is 6.88. The van der Waals surface area contributed by atoms with Crippen LogP contribution in [0.4, 0.5) is 0 Å². The van der Waals surface area contributed by atoms with Crippen molar-refractivity contribution in [3.05, 3.63) is 81.9 Å². The molecule has 4 aliphatic rings. The lowest BCUT2D eigenvalue weighted by Crippen LogP contribution is -2.34. The highest BCUT2D eigenvalue weighted by atomic mass is 16.6. The zero-order valence-electron chi connectivity index (χ0n) is 29.2. The lowest BCUT2D eigenvalue weighted by atomic mass is 9.86. The number of hydrogen-bond donors (Lipinski definition) is 1. The van der Waals surface area contributed by atoms with Gasteiger partial charge >= 0.3 is 0 Å². The van der Waals surface area contributed by atoms with Crippen molar-refractivity contribution in [2.24, 2.45) is 0 Å². The molecule has 0 amide bonds. The summed E-state index contributed by atoms with van der Waals surface area (Å²) < 4.78 is 43.1. The fourth-order valence-corrected chi connectivity index (χ4v) is 7.66. The second-order valence-corrected chi connectivity index (χ2v) is 12.9. The molecule has 49 heavy (non-hydrogen) atoms. The van der Waals surface area contributed by atoms with Crippen molar-refractivity contribution in [3.8, 4) is 57.5 Å². The minimum atomic E-state index is -0.199. The number of phenolic OH excluding ortho intramolecular Hbond substituents is 1. The Morgan fingerprint density at radius 2 is 1.27 bits per heavy atom. The topological polar surface area (TPSA) is 91.3 Å². The lowest BCUT2D eigenvalue weighted by molar-refractivity contribution is 0.214. The van der Waals surface area contributed by atoms with Crippen molar-refractivity contribution in [2.75, 3.05) is 62.7 Å². The van der Waals surface area contributed by atoms with E-state index in [1.54, 1.807) is 28.4 Å². The zero-order chi connectivity index (χ0) is 34.4. The first-order valence-electron chi connectivity index (χ1n) is 16.6. The van der Waals surface area contributed by atoms with Crippen LogP contribution >= 0.6 is 0 Å². The van der Waals surface area contributed by atoms with E-state index in [1.807, 2.05) is 24.3 Å². The van der Waals surface area contributed by atoms with E-state index in [2.05, 4.69) is 48.2 Å². The van der Waals surface area contributed by atoms with Crippen molar-refractivity contribution >= 4 is 0 Å². The van der Waals surface area contributed by atoms with Gasteiger partial charge in [-0.1, -0.05) is 18.2 Å². The van der Waals surface area contributed by atoms with Crippen LogP contribution in [0.3, 0.4) is 0 Å². The summed E-state index contributed by atoms with van der Waals surface area (Å²) in [7, 11) is 12.3. The molecular formula is C39H44N2O8. The summed E-state index contributed by atoms with van der Waals surface area (Å²) in [6.45, 7) is 1.54. The maximum atomic E-state index is 11.7. The van der Waals surface area contributed by atoms with Crippen molar-refractivity contribution < 1.29 is 38.3 Å². The molecule has 0 unspecified atom stereocenters. The van der Waals surface area contributed by atoms with E-state index >= 15 is 0 Å². The Bertz CT molecular complexity index is 1880. The average molecular weight is 669 g/mol. The Balaban J connectivity index is 1.53. The number of phenols is 1. The fourth-order valence-electron chi connectivity index (χ4n) is 7.66. The number of hydrogen-bond acceptors (Lipinski definition) is 10. The smallest absolute Gasteiger partial charge is 0.208 e. The van der Waals surface area contributed by atoms with E-state index in [4.69, 9.17) is 33.2 Å². The van der Waals surface area contributed by atoms with Crippen LogP contribution in [-0.2, 0) is 25.7 Å². The molecule has 10 nitrogen and oxygen atoms in total. The van der Waals surface area contributed by atoms with Crippen LogP contribution in [0.25, 0.3) is 0 Å². The van der Waals surface area contributed by atoms with Crippen molar-refractivity contribution in [1.82, 2.24) is 9.80 Å². The Hall–Kier alpha value is -4.80. The van der Waals surface area contributed by atoms with Crippen LogP contribution in [0.15, 0.2) is 48.5 Å². The lowest BCUT2D eigenvalue weighted by Gasteiger charge is -2.38. The molecule has 0 fully saturated rings. The monoisotopic (exact) mass is 668 g/mol. The molecule has 0 aromatic heterocycles. The van der Waals surface area contributed by atoms with Gasteiger partial charge in [0.1, 0.15) is 5.75 Å². The van der Waals surface area contributed by atoms with Crippen LogP contribution < -0.4 is 33.2 Å². The summed E-state index contributed by atoms with van der Waals surface area (Å²) in [4.78, 5) is 4.65. The van der Waals surface area contributed by atoms with Crippen LogP contribution in [0, 0.1) is 0 Å². The Morgan fingerprint density at radius 1 is 0.633 bits per heavy atom. The van der Waals surface area contributed by atoms with Gasteiger partial charge in [0.2, 0.25) is 17.2 Å². The Labute approximate surface area is 287 Å². The molecule has 0 spiro atoms.